The van der Waals surface area contributed by atoms with Crippen molar-refractivity contribution >= 4 is 22.9 Å². The minimum absolute atomic E-state index is 0.0842. The number of rotatable bonds is 6. The zero-order valence-electron chi connectivity index (χ0n) is 13.4. The van der Waals surface area contributed by atoms with E-state index in [9.17, 15) is 4.79 Å². The fourth-order valence-electron chi connectivity index (χ4n) is 2.14. The van der Waals surface area contributed by atoms with E-state index in [1.807, 2.05) is 49.3 Å². The first-order valence-electron chi connectivity index (χ1n) is 7.16. The average molecular weight is 318 g/mol. The molecule has 118 valence electrons. The lowest BCUT2D eigenvalue weighted by Crippen LogP contribution is -2.29. The van der Waals surface area contributed by atoms with E-state index in [0.717, 1.165) is 10.6 Å². The van der Waals surface area contributed by atoms with Crippen molar-refractivity contribution in [3.8, 4) is 0 Å². The Hall–Kier alpha value is -1.85. The van der Waals surface area contributed by atoms with Crippen LogP contribution in [0.1, 0.15) is 26.2 Å². The molecule has 1 atom stereocenters. The van der Waals surface area contributed by atoms with Gasteiger partial charge in [-0.25, -0.2) is 0 Å². The number of hydrogen-bond acceptors (Lipinski definition) is 4. The standard InChI is InChI=1S/C17H22N2O2S/c1-12-8-9-16(22-12)15(21-4)11-18-17(20)13-6-5-7-14(10-13)19(2)3/h5-10,15H,11H2,1-4H3,(H,18,20). The molecular weight excluding hydrogens is 296 g/mol. The molecule has 4 nitrogen and oxygen atoms in total. The van der Waals surface area contributed by atoms with Crippen molar-refractivity contribution in [3.05, 3.63) is 51.7 Å². The van der Waals surface area contributed by atoms with E-state index in [1.54, 1.807) is 18.4 Å². The van der Waals surface area contributed by atoms with Gasteiger partial charge in [0.25, 0.3) is 5.91 Å². The Kier molecular flexibility index (Phi) is 5.57. The van der Waals surface area contributed by atoms with E-state index in [1.165, 1.54) is 4.88 Å². The number of carbonyl (C=O) groups excluding carboxylic acids is 1. The molecule has 1 heterocycles. The molecule has 0 spiro atoms. The zero-order chi connectivity index (χ0) is 16.1. The molecule has 2 aromatic rings. The van der Waals surface area contributed by atoms with Crippen molar-refractivity contribution in [2.45, 2.75) is 13.0 Å². The van der Waals surface area contributed by atoms with Crippen LogP contribution in [0.15, 0.2) is 36.4 Å². The van der Waals surface area contributed by atoms with E-state index >= 15 is 0 Å². The highest BCUT2D eigenvalue weighted by Crippen LogP contribution is 2.24. The fraction of sp³-hybridized carbons (Fsp3) is 0.353. The van der Waals surface area contributed by atoms with Crippen LogP contribution in [0.3, 0.4) is 0 Å². The molecule has 22 heavy (non-hydrogen) atoms. The number of methoxy groups -OCH3 is 1. The largest absolute Gasteiger partial charge is 0.378 e. The summed E-state index contributed by atoms with van der Waals surface area (Å²) in [4.78, 5) is 16.6. The SMILES string of the molecule is COC(CNC(=O)c1cccc(N(C)C)c1)c1ccc(C)s1. The van der Waals surface area contributed by atoms with E-state index in [4.69, 9.17) is 4.74 Å². The molecule has 0 radical (unpaired) electrons. The molecule has 1 amide bonds. The molecule has 0 aliphatic rings. The van der Waals surface area contributed by atoms with Gasteiger partial charge in [0.1, 0.15) is 6.10 Å². The second-order valence-electron chi connectivity index (χ2n) is 5.33. The van der Waals surface area contributed by atoms with Crippen molar-refractivity contribution in [1.82, 2.24) is 5.32 Å². The van der Waals surface area contributed by atoms with Crippen LogP contribution in [0.2, 0.25) is 0 Å². The Bertz CT molecular complexity index is 637. The lowest BCUT2D eigenvalue weighted by Gasteiger charge is -2.16. The molecule has 0 aliphatic heterocycles. The van der Waals surface area contributed by atoms with Crippen LogP contribution in [0.25, 0.3) is 0 Å². The molecule has 0 aliphatic carbocycles. The maximum atomic E-state index is 12.3. The number of nitrogens with one attached hydrogen (secondary N) is 1. The van der Waals surface area contributed by atoms with Crippen molar-refractivity contribution in [3.63, 3.8) is 0 Å². The number of carbonyl (C=O) groups is 1. The number of aryl methyl sites for hydroxylation is 1. The number of thiophene rings is 1. The summed E-state index contributed by atoms with van der Waals surface area (Å²) in [6.45, 7) is 2.52. The molecule has 0 fully saturated rings. The summed E-state index contributed by atoms with van der Waals surface area (Å²) in [5.41, 5.74) is 1.66. The number of ether oxygens (including phenoxy) is 1. The van der Waals surface area contributed by atoms with Gasteiger partial charge in [-0.1, -0.05) is 6.07 Å². The van der Waals surface area contributed by atoms with E-state index < -0.39 is 0 Å². The third-order valence-corrected chi connectivity index (χ3v) is 4.53. The lowest BCUT2D eigenvalue weighted by atomic mass is 10.1. The summed E-state index contributed by atoms with van der Waals surface area (Å²) in [6, 6.07) is 11.7. The molecule has 0 bridgehead atoms. The van der Waals surface area contributed by atoms with Crippen LogP contribution in [0, 0.1) is 6.92 Å². The summed E-state index contributed by atoms with van der Waals surface area (Å²) >= 11 is 1.69. The molecule has 1 N–H and O–H groups in total. The fourth-order valence-corrected chi connectivity index (χ4v) is 3.09. The van der Waals surface area contributed by atoms with Gasteiger partial charge in [0.15, 0.2) is 0 Å². The van der Waals surface area contributed by atoms with Gasteiger partial charge in [-0.15, -0.1) is 11.3 Å². The molecule has 2 rings (SSSR count). The third kappa shape index (κ3) is 4.08. The maximum Gasteiger partial charge on any atom is 0.251 e. The van der Waals surface area contributed by atoms with Gasteiger partial charge >= 0.3 is 0 Å². The quantitative estimate of drug-likeness (QED) is 0.889. The number of hydrogen-bond donors (Lipinski definition) is 1. The number of amides is 1. The second kappa shape index (κ2) is 7.42. The van der Waals surface area contributed by atoms with Crippen LogP contribution >= 0.6 is 11.3 Å². The van der Waals surface area contributed by atoms with Crippen molar-refractivity contribution in [1.29, 1.82) is 0 Å². The van der Waals surface area contributed by atoms with Crippen LogP contribution in [0.4, 0.5) is 5.69 Å². The first kappa shape index (κ1) is 16.5. The molecular formula is C17H22N2O2S. The van der Waals surface area contributed by atoms with Gasteiger partial charge in [0, 0.05) is 48.8 Å². The second-order valence-corrected chi connectivity index (χ2v) is 6.65. The topological polar surface area (TPSA) is 41.6 Å². The van der Waals surface area contributed by atoms with Crippen LogP contribution in [-0.2, 0) is 4.74 Å². The Morgan fingerprint density at radius 2 is 2.09 bits per heavy atom. The van der Waals surface area contributed by atoms with E-state index in [2.05, 4.69) is 18.3 Å². The van der Waals surface area contributed by atoms with Gasteiger partial charge in [0.05, 0.1) is 0 Å². The molecule has 0 saturated carbocycles. The summed E-state index contributed by atoms with van der Waals surface area (Å²) in [7, 11) is 5.58. The predicted octanol–water partition coefficient (Wildman–Crippen LogP) is 3.24. The Morgan fingerprint density at radius 3 is 2.68 bits per heavy atom. The van der Waals surface area contributed by atoms with Gasteiger partial charge in [-0.05, 0) is 37.3 Å². The van der Waals surface area contributed by atoms with Gasteiger partial charge in [0.2, 0.25) is 0 Å². The predicted molar refractivity (Wildman–Crippen MR) is 91.9 cm³/mol. The molecule has 1 aromatic heterocycles. The van der Waals surface area contributed by atoms with Crippen LogP contribution < -0.4 is 10.2 Å². The van der Waals surface area contributed by atoms with Crippen LogP contribution in [0.5, 0.6) is 0 Å². The van der Waals surface area contributed by atoms with Gasteiger partial charge in [-0.2, -0.15) is 0 Å². The first-order chi connectivity index (χ1) is 10.5. The normalized spacial score (nSPS) is 12.0. The summed E-state index contributed by atoms with van der Waals surface area (Å²) in [5.74, 6) is -0.0842. The van der Waals surface area contributed by atoms with E-state index in [-0.39, 0.29) is 12.0 Å². The van der Waals surface area contributed by atoms with Crippen molar-refractivity contribution in [2.75, 3.05) is 32.6 Å². The monoisotopic (exact) mass is 318 g/mol. The minimum Gasteiger partial charge on any atom is -0.378 e. The Morgan fingerprint density at radius 1 is 1.32 bits per heavy atom. The maximum absolute atomic E-state index is 12.3. The number of anilines is 1. The smallest absolute Gasteiger partial charge is 0.251 e. The average Bonchev–Trinajstić information content (AvgIpc) is 2.94. The molecule has 0 saturated heterocycles. The van der Waals surface area contributed by atoms with Crippen molar-refractivity contribution in [2.24, 2.45) is 0 Å². The first-order valence-corrected chi connectivity index (χ1v) is 7.97. The lowest BCUT2D eigenvalue weighted by molar-refractivity contribution is 0.0837. The highest BCUT2D eigenvalue weighted by molar-refractivity contribution is 7.12. The molecule has 5 heteroatoms. The summed E-state index contributed by atoms with van der Waals surface area (Å²) in [5, 5.41) is 2.95. The third-order valence-electron chi connectivity index (χ3n) is 3.44. The van der Waals surface area contributed by atoms with Gasteiger partial charge < -0.3 is 15.0 Å². The Balaban J connectivity index is 2.01. The Labute approximate surface area is 135 Å². The summed E-state index contributed by atoms with van der Waals surface area (Å²) < 4.78 is 5.49. The zero-order valence-corrected chi connectivity index (χ0v) is 14.2. The highest BCUT2D eigenvalue weighted by Gasteiger charge is 2.15. The number of benzene rings is 1. The summed E-state index contributed by atoms with van der Waals surface area (Å²) in [6.07, 6.45) is -0.111. The number of nitrogens with zero attached hydrogens (tertiary/aromatic N) is 1. The van der Waals surface area contributed by atoms with Crippen molar-refractivity contribution < 1.29 is 9.53 Å². The minimum atomic E-state index is -0.111. The highest BCUT2D eigenvalue weighted by atomic mass is 32.1. The van der Waals surface area contributed by atoms with E-state index in [0.29, 0.717) is 12.1 Å². The van der Waals surface area contributed by atoms with Crippen LogP contribution in [-0.4, -0.2) is 33.7 Å². The molecule has 1 unspecified atom stereocenters. The molecule has 1 aromatic carbocycles. The van der Waals surface area contributed by atoms with Gasteiger partial charge in [-0.3, -0.25) is 4.79 Å².